The maximum absolute atomic E-state index is 4.65. The lowest BCUT2D eigenvalue weighted by Crippen LogP contribution is -2.27. The predicted octanol–water partition coefficient (Wildman–Crippen LogP) is 5.67. The number of nitrogens with one attached hydrogen (secondary N) is 2. The van der Waals surface area contributed by atoms with Crippen LogP contribution in [0.15, 0.2) is 83.8 Å². The van der Waals surface area contributed by atoms with Gasteiger partial charge >= 0.3 is 0 Å². The van der Waals surface area contributed by atoms with Crippen molar-refractivity contribution in [2.24, 2.45) is 0 Å². The third-order valence-electron chi connectivity index (χ3n) is 5.11. The number of aromatic amines is 1. The molecule has 1 fully saturated rings. The molecule has 28 heavy (non-hydrogen) atoms. The lowest BCUT2D eigenvalue weighted by atomic mass is 9.98. The minimum absolute atomic E-state index is 0.610. The summed E-state index contributed by atoms with van der Waals surface area (Å²) in [6.07, 6.45) is 2.39. The number of H-pyrrole nitrogens is 1. The summed E-state index contributed by atoms with van der Waals surface area (Å²) in [5.41, 5.74) is 4.73. The zero-order valence-corrected chi connectivity index (χ0v) is 16.7. The molecule has 1 saturated heterocycles. The molecule has 0 spiro atoms. The second-order valence-electron chi connectivity index (χ2n) is 7.08. The van der Waals surface area contributed by atoms with E-state index in [1.165, 1.54) is 24.0 Å². The topological polar surface area (TPSA) is 40.7 Å². The summed E-state index contributed by atoms with van der Waals surface area (Å²) in [5, 5.41) is 3.38. The largest absolute Gasteiger partial charge is 0.342 e. The lowest BCUT2D eigenvalue weighted by Gasteiger charge is -2.20. The molecule has 142 valence electrons. The predicted molar refractivity (Wildman–Crippen MR) is 120 cm³/mol. The number of benzene rings is 3. The van der Waals surface area contributed by atoms with E-state index in [1.54, 1.807) is 0 Å². The van der Waals surface area contributed by atoms with Crippen LogP contribution in [0.4, 0.5) is 0 Å². The van der Waals surface area contributed by atoms with Gasteiger partial charge in [0.15, 0.2) is 0 Å². The van der Waals surface area contributed by atoms with Crippen LogP contribution in [0.25, 0.3) is 22.2 Å². The molecule has 0 bridgehead atoms. The van der Waals surface area contributed by atoms with Crippen molar-refractivity contribution in [1.82, 2.24) is 15.3 Å². The summed E-state index contributed by atoms with van der Waals surface area (Å²) in [7, 11) is 0. The summed E-state index contributed by atoms with van der Waals surface area (Å²) < 4.78 is 0. The number of para-hydroxylation sites is 2. The van der Waals surface area contributed by atoms with Crippen LogP contribution in [-0.2, 0) is 0 Å². The first-order valence-corrected chi connectivity index (χ1v) is 10.2. The number of piperidine rings is 1. The Morgan fingerprint density at radius 1 is 0.750 bits per heavy atom. The van der Waals surface area contributed by atoms with Gasteiger partial charge in [0.1, 0.15) is 5.82 Å². The summed E-state index contributed by atoms with van der Waals surface area (Å²) >= 11 is 4.24. The molecule has 0 aliphatic carbocycles. The van der Waals surface area contributed by atoms with E-state index in [2.05, 4.69) is 64.3 Å². The standard InChI is InChI=1S/C12H15N3.C12H10S/c1-2-4-11-10(3-1)14-12(15-11)9-5-7-13-8-6-9;13-12-8-6-11(7-9-12)10-4-2-1-3-5-10/h1-4,9,13H,5-8H2,(H,14,15);1-9,13H. The van der Waals surface area contributed by atoms with Crippen molar-refractivity contribution in [3.63, 3.8) is 0 Å². The number of hydrogen-bond donors (Lipinski definition) is 3. The Bertz CT molecular complexity index is 970. The van der Waals surface area contributed by atoms with Crippen LogP contribution in [0.1, 0.15) is 24.6 Å². The van der Waals surface area contributed by atoms with Crippen LogP contribution in [0.5, 0.6) is 0 Å². The van der Waals surface area contributed by atoms with Crippen molar-refractivity contribution in [2.45, 2.75) is 23.7 Å². The quantitative estimate of drug-likeness (QED) is 0.388. The maximum atomic E-state index is 4.65. The van der Waals surface area contributed by atoms with Gasteiger partial charge in [0.05, 0.1) is 11.0 Å². The van der Waals surface area contributed by atoms with Crippen LogP contribution in [0.3, 0.4) is 0 Å². The van der Waals surface area contributed by atoms with Crippen LogP contribution in [-0.4, -0.2) is 23.1 Å². The van der Waals surface area contributed by atoms with Crippen LogP contribution >= 0.6 is 12.6 Å². The van der Waals surface area contributed by atoms with Crippen molar-refractivity contribution >= 4 is 23.7 Å². The van der Waals surface area contributed by atoms with Gasteiger partial charge in [-0.3, -0.25) is 0 Å². The molecule has 2 heterocycles. The SMILES string of the molecule is Sc1ccc(-c2ccccc2)cc1.c1ccc2[nH]c(C3CCNCC3)nc2c1. The number of fused-ring (bicyclic) bond motifs is 1. The third kappa shape index (κ3) is 4.64. The monoisotopic (exact) mass is 387 g/mol. The number of hydrogen-bond acceptors (Lipinski definition) is 3. The van der Waals surface area contributed by atoms with E-state index in [0.717, 1.165) is 34.8 Å². The summed E-state index contributed by atoms with van der Waals surface area (Å²) in [4.78, 5) is 9.08. The highest BCUT2D eigenvalue weighted by atomic mass is 32.1. The second-order valence-corrected chi connectivity index (χ2v) is 7.59. The van der Waals surface area contributed by atoms with E-state index in [-0.39, 0.29) is 0 Å². The Kier molecular flexibility index (Phi) is 6.10. The number of rotatable bonds is 2. The molecule has 1 aromatic heterocycles. The molecule has 0 amide bonds. The van der Waals surface area contributed by atoms with Gasteiger partial charge in [-0.15, -0.1) is 12.6 Å². The summed E-state index contributed by atoms with van der Waals surface area (Å²) in [6.45, 7) is 2.23. The fourth-order valence-corrected chi connectivity index (χ4v) is 3.69. The van der Waals surface area contributed by atoms with Crippen LogP contribution < -0.4 is 5.32 Å². The van der Waals surface area contributed by atoms with Crippen LogP contribution in [0, 0.1) is 0 Å². The molecule has 5 rings (SSSR count). The average molecular weight is 388 g/mol. The Hall–Kier alpha value is -2.56. The molecule has 0 unspecified atom stereocenters. The molecule has 3 nitrogen and oxygen atoms in total. The van der Waals surface area contributed by atoms with Gasteiger partial charge in [-0.05, 0) is 61.3 Å². The summed E-state index contributed by atoms with van der Waals surface area (Å²) in [6, 6.07) is 26.7. The molecule has 0 atom stereocenters. The summed E-state index contributed by atoms with van der Waals surface area (Å²) in [5.74, 6) is 1.77. The first-order valence-electron chi connectivity index (χ1n) is 9.79. The Morgan fingerprint density at radius 3 is 2.11 bits per heavy atom. The van der Waals surface area contributed by atoms with E-state index in [0.29, 0.717) is 5.92 Å². The zero-order valence-electron chi connectivity index (χ0n) is 15.8. The number of thiol groups is 1. The first kappa shape index (κ1) is 18.8. The van der Waals surface area contributed by atoms with Crippen molar-refractivity contribution in [1.29, 1.82) is 0 Å². The lowest BCUT2D eigenvalue weighted by molar-refractivity contribution is 0.448. The van der Waals surface area contributed by atoms with Gasteiger partial charge in [-0.1, -0.05) is 54.6 Å². The van der Waals surface area contributed by atoms with Gasteiger partial charge in [-0.2, -0.15) is 0 Å². The van der Waals surface area contributed by atoms with E-state index < -0.39 is 0 Å². The van der Waals surface area contributed by atoms with E-state index >= 15 is 0 Å². The molecule has 1 aliphatic rings. The fourth-order valence-electron chi connectivity index (χ4n) is 3.55. The number of imidazole rings is 1. The number of aromatic nitrogens is 2. The average Bonchev–Trinajstić information content (AvgIpc) is 3.20. The molecular formula is C24H25N3S. The molecular weight excluding hydrogens is 362 g/mol. The van der Waals surface area contributed by atoms with Crippen molar-refractivity contribution < 1.29 is 0 Å². The van der Waals surface area contributed by atoms with Crippen molar-refractivity contribution in [3.05, 3.63) is 84.7 Å². The normalized spacial score (nSPS) is 14.5. The molecule has 4 heteroatoms. The third-order valence-corrected chi connectivity index (χ3v) is 5.41. The van der Waals surface area contributed by atoms with Gasteiger partial charge in [0, 0.05) is 10.8 Å². The Morgan fingerprint density at radius 2 is 1.39 bits per heavy atom. The highest BCUT2D eigenvalue weighted by molar-refractivity contribution is 7.80. The minimum Gasteiger partial charge on any atom is -0.342 e. The minimum atomic E-state index is 0.610. The molecule has 3 aromatic carbocycles. The van der Waals surface area contributed by atoms with Crippen molar-refractivity contribution in [2.75, 3.05) is 13.1 Å². The van der Waals surface area contributed by atoms with Crippen molar-refractivity contribution in [3.8, 4) is 11.1 Å². The van der Waals surface area contributed by atoms with E-state index in [4.69, 9.17) is 0 Å². The highest BCUT2D eigenvalue weighted by Crippen LogP contribution is 2.24. The van der Waals surface area contributed by atoms with E-state index in [9.17, 15) is 0 Å². The molecule has 1 aliphatic heterocycles. The van der Waals surface area contributed by atoms with Gasteiger partial charge in [0.2, 0.25) is 0 Å². The van der Waals surface area contributed by atoms with Gasteiger partial charge < -0.3 is 10.3 Å². The van der Waals surface area contributed by atoms with Crippen LogP contribution in [0.2, 0.25) is 0 Å². The maximum Gasteiger partial charge on any atom is 0.110 e. The smallest absolute Gasteiger partial charge is 0.110 e. The first-order chi connectivity index (χ1) is 13.8. The Balaban J connectivity index is 0.000000139. The molecule has 0 radical (unpaired) electrons. The second kappa shape index (κ2) is 9.09. The highest BCUT2D eigenvalue weighted by Gasteiger charge is 2.18. The van der Waals surface area contributed by atoms with Gasteiger partial charge in [-0.25, -0.2) is 4.98 Å². The molecule has 0 saturated carbocycles. The number of nitrogens with zero attached hydrogens (tertiary/aromatic N) is 1. The Labute approximate surface area is 171 Å². The van der Waals surface area contributed by atoms with E-state index in [1.807, 2.05) is 42.5 Å². The zero-order chi connectivity index (χ0) is 19.2. The molecule has 2 N–H and O–H groups in total. The fraction of sp³-hybridized carbons (Fsp3) is 0.208. The van der Waals surface area contributed by atoms with Gasteiger partial charge in [0.25, 0.3) is 0 Å². The molecule has 4 aromatic rings.